The number of likely N-dealkylation sites (tertiary alicyclic amines) is 1. The standard InChI is InChI=1S/C27H28N2O4/c1-32-26(31)9-7-19-6-8-25-22(16-19)24(30)17-27(33-25)11-14-29(15-12-27)13-10-20-18-28-23-5-3-2-4-21(20)23/h2-9,16,18,28H,10-15,17H2,1H3/b9-7+. The lowest BCUT2D eigenvalue weighted by Crippen LogP contribution is -2.51. The minimum atomic E-state index is -0.425. The summed E-state index contributed by atoms with van der Waals surface area (Å²) in [5.41, 5.74) is 3.49. The fraction of sp³-hybridized carbons (Fsp3) is 0.333. The van der Waals surface area contributed by atoms with Crippen molar-refractivity contribution in [3.63, 3.8) is 0 Å². The first kappa shape index (κ1) is 21.5. The van der Waals surface area contributed by atoms with Gasteiger partial charge in [0.1, 0.15) is 11.4 Å². The largest absolute Gasteiger partial charge is 0.486 e. The molecule has 3 aromatic rings. The summed E-state index contributed by atoms with van der Waals surface area (Å²) in [5, 5.41) is 1.30. The smallest absolute Gasteiger partial charge is 0.330 e. The number of aromatic amines is 1. The quantitative estimate of drug-likeness (QED) is 0.467. The Labute approximate surface area is 193 Å². The van der Waals surface area contributed by atoms with Gasteiger partial charge < -0.3 is 19.4 Å². The molecule has 1 aromatic heterocycles. The van der Waals surface area contributed by atoms with Crippen LogP contribution in [0.3, 0.4) is 0 Å². The lowest BCUT2D eigenvalue weighted by Gasteiger charge is -2.44. The Morgan fingerprint density at radius 2 is 2.03 bits per heavy atom. The van der Waals surface area contributed by atoms with Gasteiger partial charge in [-0.15, -0.1) is 0 Å². The molecule has 0 atom stereocenters. The van der Waals surface area contributed by atoms with Gasteiger partial charge in [-0.05, 0) is 41.8 Å². The fourth-order valence-electron chi connectivity index (χ4n) is 4.93. The van der Waals surface area contributed by atoms with Crippen molar-refractivity contribution in [3.8, 4) is 5.75 Å². The van der Waals surface area contributed by atoms with Crippen LogP contribution in [0.25, 0.3) is 17.0 Å². The van der Waals surface area contributed by atoms with Crippen molar-refractivity contribution in [1.29, 1.82) is 0 Å². The highest BCUT2D eigenvalue weighted by molar-refractivity contribution is 6.01. The molecule has 1 fully saturated rings. The first-order chi connectivity index (χ1) is 16.0. The molecule has 1 saturated heterocycles. The summed E-state index contributed by atoms with van der Waals surface area (Å²) in [6.45, 7) is 2.84. The number of rotatable bonds is 5. The van der Waals surface area contributed by atoms with Crippen molar-refractivity contribution in [2.75, 3.05) is 26.7 Å². The van der Waals surface area contributed by atoms with E-state index in [-0.39, 0.29) is 5.78 Å². The van der Waals surface area contributed by atoms with E-state index in [2.05, 4.69) is 45.1 Å². The van der Waals surface area contributed by atoms with Crippen molar-refractivity contribution >= 4 is 28.7 Å². The number of hydrogen-bond donors (Lipinski definition) is 1. The Morgan fingerprint density at radius 1 is 1.21 bits per heavy atom. The number of ether oxygens (including phenoxy) is 2. The fourth-order valence-corrected chi connectivity index (χ4v) is 4.93. The van der Waals surface area contributed by atoms with E-state index in [4.69, 9.17) is 4.74 Å². The summed E-state index contributed by atoms with van der Waals surface area (Å²) in [4.78, 5) is 30.1. The van der Waals surface area contributed by atoms with Crippen molar-refractivity contribution in [2.24, 2.45) is 0 Å². The summed E-state index contributed by atoms with van der Waals surface area (Å²) >= 11 is 0. The number of fused-ring (bicyclic) bond motifs is 2. The topological polar surface area (TPSA) is 71.6 Å². The lowest BCUT2D eigenvalue weighted by atomic mass is 9.82. The highest BCUT2D eigenvalue weighted by atomic mass is 16.5. The molecule has 0 unspecified atom stereocenters. The summed E-state index contributed by atoms with van der Waals surface area (Å²) in [6, 6.07) is 13.9. The van der Waals surface area contributed by atoms with Crippen molar-refractivity contribution in [2.45, 2.75) is 31.3 Å². The van der Waals surface area contributed by atoms with Crippen LogP contribution in [0.4, 0.5) is 0 Å². The molecule has 2 aromatic carbocycles. The second-order valence-corrected chi connectivity index (χ2v) is 8.95. The third-order valence-corrected chi connectivity index (χ3v) is 6.87. The molecule has 0 bridgehead atoms. The van der Waals surface area contributed by atoms with Gasteiger partial charge in [0.15, 0.2) is 5.78 Å². The molecular formula is C27H28N2O4. The van der Waals surface area contributed by atoms with E-state index in [9.17, 15) is 9.59 Å². The molecule has 2 aliphatic rings. The molecule has 33 heavy (non-hydrogen) atoms. The van der Waals surface area contributed by atoms with Crippen LogP contribution in [0.15, 0.2) is 54.7 Å². The highest BCUT2D eigenvalue weighted by Gasteiger charge is 2.42. The number of nitrogens with one attached hydrogen (secondary N) is 1. The first-order valence-electron chi connectivity index (χ1n) is 11.4. The Hall–Kier alpha value is -3.38. The summed E-state index contributed by atoms with van der Waals surface area (Å²) < 4.78 is 11.0. The van der Waals surface area contributed by atoms with Gasteiger partial charge in [-0.1, -0.05) is 24.3 Å². The average Bonchev–Trinajstić information content (AvgIpc) is 3.25. The van der Waals surface area contributed by atoms with Crippen LogP contribution >= 0.6 is 0 Å². The van der Waals surface area contributed by atoms with E-state index in [1.165, 1.54) is 29.7 Å². The Balaban J connectivity index is 1.21. The molecule has 0 aliphatic carbocycles. The number of para-hydroxylation sites is 1. The number of aromatic nitrogens is 1. The van der Waals surface area contributed by atoms with E-state index in [1.54, 1.807) is 12.1 Å². The predicted molar refractivity (Wildman–Crippen MR) is 127 cm³/mol. The third-order valence-electron chi connectivity index (χ3n) is 6.87. The average molecular weight is 445 g/mol. The summed E-state index contributed by atoms with van der Waals surface area (Å²) in [6.07, 6.45) is 8.21. The number of piperidine rings is 1. The zero-order valence-corrected chi connectivity index (χ0v) is 18.8. The molecule has 3 heterocycles. The number of hydrogen-bond acceptors (Lipinski definition) is 5. The van der Waals surface area contributed by atoms with Crippen LogP contribution in [0.1, 0.15) is 40.7 Å². The van der Waals surface area contributed by atoms with Gasteiger partial charge >= 0.3 is 5.97 Å². The summed E-state index contributed by atoms with van der Waals surface area (Å²) in [5.74, 6) is 0.330. The molecule has 6 nitrogen and oxygen atoms in total. The van der Waals surface area contributed by atoms with Gasteiger partial charge in [0.2, 0.25) is 0 Å². The van der Waals surface area contributed by atoms with Gasteiger partial charge in [-0.3, -0.25) is 4.79 Å². The SMILES string of the molecule is COC(=O)/C=C/c1ccc2c(c1)C(=O)CC1(CCN(CCc3c[nH]c4ccccc34)CC1)O2. The maximum atomic E-state index is 13.0. The second kappa shape index (κ2) is 8.87. The van der Waals surface area contributed by atoms with Crippen LogP contribution in [-0.2, 0) is 16.0 Å². The molecule has 6 heteroatoms. The number of methoxy groups -OCH3 is 1. The monoisotopic (exact) mass is 444 g/mol. The van der Waals surface area contributed by atoms with Crippen LogP contribution in [0.5, 0.6) is 5.75 Å². The maximum absolute atomic E-state index is 13.0. The molecule has 5 rings (SSSR count). The number of benzene rings is 2. The number of esters is 1. The number of carbonyl (C=O) groups excluding carboxylic acids is 2. The second-order valence-electron chi connectivity index (χ2n) is 8.95. The van der Waals surface area contributed by atoms with Crippen LogP contribution in [0, 0.1) is 0 Å². The number of carbonyl (C=O) groups is 2. The van der Waals surface area contributed by atoms with E-state index in [0.717, 1.165) is 44.5 Å². The Morgan fingerprint density at radius 3 is 2.85 bits per heavy atom. The van der Waals surface area contributed by atoms with Gasteiger partial charge in [-0.2, -0.15) is 0 Å². The molecule has 170 valence electrons. The van der Waals surface area contributed by atoms with E-state index in [1.807, 2.05) is 12.1 Å². The number of H-pyrrole nitrogens is 1. The number of Topliss-reactive ketones (excluding diaryl/α,β-unsaturated/α-hetero) is 1. The first-order valence-corrected chi connectivity index (χ1v) is 11.4. The van der Waals surface area contributed by atoms with Gasteiger partial charge in [0.05, 0.1) is 19.1 Å². The molecule has 1 spiro atoms. The number of ketones is 1. The summed E-state index contributed by atoms with van der Waals surface area (Å²) in [7, 11) is 1.34. The van der Waals surface area contributed by atoms with Gasteiger partial charge in [-0.25, -0.2) is 4.79 Å². The van der Waals surface area contributed by atoms with E-state index >= 15 is 0 Å². The molecule has 0 saturated carbocycles. The van der Waals surface area contributed by atoms with Crippen LogP contribution in [-0.4, -0.2) is 54.0 Å². The Kier molecular flexibility index (Phi) is 5.77. The van der Waals surface area contributed by atoms with Crippen LogP contribution in [0.2, 0.25) is 0 Å². The van der Waals surface area contributed by atoms with Crippen LogP contribution < -0.4 is 4.74 Å². The zero-order chi connectivity index (χ0) is 22.8. The molecule has 0 radical (unpaired) electrons. The van der Waals surface area contributed by atoms with Gasteiger partial charge in [0, 0.05) is 55.7 Å². The van der Waals surface area contributed by atoms with Crippen molar-refractivity contribution in [1.82, 2.24) is 9.88 Å². The van der Waals surface area contributed by atoms with E-state index < -0.39 is 11.6 Å². The highest BCUT2D eigenvalue weighted by Crippen LogP contribution is 2.39. The molecule has 1 N–H and O–H groups in total. The number of nitrogens with zero attached hydrogens (tertiary/aromatic N) is 1. The van der Waals surface area contributed by atoms with E-state index in [0.29, 0.717) is 17.7 Å². The minimum Gasteiger partial charge on any atom is -0.486 e. The maximum Gasteiger partial charge on any atom is 0.330 e. The molecular weight excluding hydrogens is 416 g/mol. The lowest BCUT2D eigenvalue weighted by molar-refractivity contribution is -0.134. The Bertz CT molecular complexity index is 1220. The van der Waals surface area contributed by atoms with Crippen molar-refractivity contribution in [3.05, 3.63) is 71.4 Å². The minimum absolute atomic E-state index is 0.108. The zero-order valence-electron chi connectivity index (χ0n) is 18.8. The van der Waals surface area contributed by atoms with Crippen molar-refractivity contribution < 1.29 is 19.1 Å². The third kappa shape index (κ3) is 4.44. The predicted octanol–water partition coefficient (Wildman–Crippen LogP) is 4.40. The van der Waals surface area contributed by atoms with Gasteiger partial charge in [0.25, 0.3) is 0 Å². The normalized spacial score (nSPS) is 17.9. The molecule has 0 amide bonds. The molecule has 2 aliphatic heterocycles.